The number of ether oxygens (including phenoxy) is 1. The molecule has 0 unspecified atom stereocenters. The van der Waals surface area contributed by atoms with E-state index in [0.717, 1.165) is 17.0 Å². The fourth-order valence-electron chi connectivity index (χ4n) is 2.82. The van der Waals surface area contributed by atoms with Crippen LogP contribution in [0.25, 0.3) is 11.3 Å². The molecule has 1 aromatic heterocycles. The predicted octanol–water partition coefficient (Wildman–Crippen LogP) is 2.97. The molecule has 1 aliphatic rings. The van der Waals surface area contributed by atoms with Gasteiger partial charge in [-0.3, -0.25) is 4.79 Å². The van der Waals surface area contributed by atoms with Crippen LogP contribution in [0, 0.1) is 5.92 Å². The van der Waals surface area contributed by atoms with E-state index in [1.807, 2.05) is 36.6 Å². The summed E-state index contributed by atoms with van der Waals surface area (Å²) >= 11 is 1.35. The summed E-state index contributed by atoms with van der Waals surface area (Å²) in [5, 5.41) is 5.17. The number of carbonyl (C=O) groups is 1. The van der Waals surface area contributed by atoms with Gasteiger partial charge >= 0.3 is 0 Å². The molecule has 134 valence electrons. The molecule has 2 aromatic rings. The molecule has 2 heterocycles. The topological polar surface area (TPSA) is 85.4 Å². The summed E-state index contributed by atoms with van der Waals surface area (Å²) in [6.07, 6.45) is 0.780. The average molecular weight is 380 g/mol. The van der Waals surface area contributed by atoms with Crippen molar-refractivity contribution in [3.05, 3.63) is 29.6 Å². The normalized spacial score (nSPS) is 18.8. The second kappa shape index (κ2) is 7.53. The molecule has 1 atom stereocenters. The van der Waals surface area contributed by atoms with Crippen LogP contribution in [0.3, 0.4) is 0 Å². The monoisotopic (exact) mass is 380 g/mol. The maximum absolute atomic E-state index is 12.1. The van der Waals surface area contributed by atoms with Gasteiger partial charge < -0.3 is 10.1 Å². The first-order valence-electron chi connectivity index (χ1n) is 8.14. The number of nitrogens with one attached hydrogen (secondary N) is 1. The largest absolute Gasteiger partial charge is 0.494 e. The number of nitrogens with zero attached hydrogens (tertiary/aromatic N) is 1. The maximum Gasteiger partial charge on any atom is 0.226 e. The van der Waals surface area contributed by atoms with Gasteiger partial charge in [0.2, 0.25) is 5.91 Å². The molecule has 0 aliphatic carbocycles. The highest BCUT2D eigenvalue weighted by Crippen LogP contribution is 2.27. The van der Waals surface area contributed by atoms with Crippen LogP contribution >= 0.6 is 11.3 Å². The smallest absolute Gasteiger partial charge is 0.226 e. The summed E-state index contributed by atoms with van der Waals surface area (Å²) in [5.41, 5.74) is 1.73. The molecule has 6 nitrogen and oxygen atoms in total. The Bertz CT molecular complexity index is 844. The van der Waals surface area contributed by atoms with Gasteiger partial charge in [0.05, 0.1) is 23.8 Å². The van der Waals surface area contributed by atoms with E-state index in [2.05, 4.69) is 10.3 Å². The molecule has 1 amide bonds. The fourth-order valence-corrected chi connectivity index (χ4v) is 5.42. The molecule has 1 aromatic carbocycles. The Morgan fingerprint density at radius 1 is 1.36 bits per heavy atom. The van der Waals surface area contributed by atoms with Crippen LogP contribution in [0.5, 0.6) is 5.75 Å². The first-order chi connectivity index (χ1) is 11.9. The third-order valence-electron chi connectivity index (χ3n) is 4.01. The van der Waals surface area contributed by atoms with Gasteiger partial charge in [-0.15, -0.1) is 11.3 Å². The molecule has 1 fully saturated rings. The van der Waals surface area contributed by atoms with Crippen molar-refractivity contribution in [1.82, 2.24) is 4.98 Å². The SMILES string of the molecule is CCOc1ccc(-c2csc(NC(=O)C[C@@H]3CCS(=O)(=O)C3)n2)cc1. The van der Waals surface area contributed by atoms with Crippen LogP contribution in [0.4, 0.5) is 5.13 Å². The summed E-state index contributed by atoms with van der Waals surface area (Å²) in [7, 11) is -2.96. The number of carbonyl (C=O) groups excluding carboxylic acids is 1. The standard InChI is InChI=1S/C17H20N2O4S2/c1-2-23-14-5-3-13(4-6-14)15-10-24-17(18-15)19-16(20)9-12-7-8-25(21,22)11-12/h3-6,10,12H,2,7-9,11H2,1H3,(H,18,19,20)/t12-/m0/s1. The minimum absolute atomic E-state index is 0.0875. The zero-order valence-corrected chi connectivity index (χ0v) is 15.5. The number of aromatic nitrogens is 1. The highest BCUT2D eigenvalue weighted by Gasteiger charge is 2.29. The lowest BCUT2D eigenvalue weighted by Crippen LogP contribution is -2.17. The molecule has 3 rings (SSSR count). The number of hydrogen-bond acceptors (Lipinski definition) is 6. The van der Waals surface area contributed by atoms with E-state index in [1.165, 1.54) is 11.3 Å². The van der Waals surface area contributed by atoms with E-state index in [-0.39, 0.29) is 29.8 Å². The van der Waals surface area contributed by atoms with E-state index in [0.29, 0.717) is 18.2 Å². The van der Waals surface area contributed by atoms with Gasteiger partial charge in [0.1, 0.15) is 5.75 Å². The van der Waals surface area contributed by atoms with Crippen molar-refractivity contribution in [2.75, 3.05) is 23.4 Å². The number of benzene rings is 1. The van der Waals surface area contributed by atoms with Crippen LogP contribution < -0.4 is 10.1 Å². The number of rotatable bonds is 6. The lowest BCUT2D eigenvalue weighted by molar-refractivity contribution is -0.116. The van der Waals surface area contributed by atoms with Crippen molar-refractivity contribution in [3.63, 3.8) is 0 Å². The van der Waals surface area contributed by atoms with Crippen molar-refractivity contribution >= 4 is 32.2 Å². The van der Waals surface area contributed by atoms with Crippen LogP contribution in [0.1, 0.15) is 19.8 Å². The maximum atomic E-state index is 12.1. The Kier molecular flexibility index (Phi) is 5.39. The Balaban J connectivity index is 1.58. The van der Waals surface area contributed by atoms with Gasteiger partial charge in [-0.25, -0.2) is 13.4 Å². The average Bonchev–Trinajstić information content (AvgIpc) is 3.15. The number of amides is 1. The van der Waals surface area contributed by atoms with Gasteiger partial charge in [-0.05, 0) is 43.5 Å². The van der Waals surface area contributed by atoms with E-state index in [4.69, 9.17) is 4.74 Å². The van der Waals surface area contributed by atoms with Crippen LogP contribution in [-0.2, 0) is 14.6 Å². The van der Waals surface area contributed by atoms with Crippen molar-refractivity contribution < 1.29 is 17.9 Å². The summed E-state index contributed by atoms with van der Waals surface area (Å²) in [5.74, 6) is 0.826. The second-order valence-electron chi connectivity index (χ2n) is 6.02. The third kappa shape index (κ3) is 4.79. The number of anilines is 1. The molecular formula is C17H20N2O4S2. The summed E-state index contributed by atoms with van der Waals surface area (Å²) < 4.78 is 28.3. The first kappa shape index (κ1) is 17.9. The molecule has 25 heavy (non-hydrogen) atoms. The van der Waals surface area contributed by atoms with E-state index in [1.54, 1.807) is 0 Å². The van der Waals surface area contributed by atoms with Crippen LogP contribution in [0.15, 0.2) is 29.6 Å². The summed E-state index contributed by atoms with van der Waals surface area (Å²) in [4.78, 5) is 16.5. The third-order valence-corrected chi connectivity index (χ3v) is 6.61. The minimum atomic E-state index is -2.96. The zero-order valence-electron chi connectivity index (χ0n) is 13.9. The molecular weight excluding hydrogens is 360 g/mol. The van der Waals surface area contributed by atoms with Gasteiger partial charge in [-0.2, -0.15) is 0 Å². The lowest BCUT2D eigenvalue weighted by Gasteiger charge is -2.06. The molecule has 0 bridgehead atoms. The first-order valence-corrected chi connectivity index (χ1v) is 10.8. The van der Waals surface area contributed by atoms with Gasteiger partial charge in [0, 0.05) is 17.4 Å². The van der Waals surface area contributed by atoms with Gasteiger partial charge in [-0.1, -0.05) is 0 Å². The van der Waals surface area contributed by atoms with Gasteiger partial charge in [0.15, 0.2) is 15.0 Å². The fraction of sp³-hybridized carbons (Fsp3) is 0.412. The minimum Gasteiger partial charge on any atom is -0.494 e. The van der Waals surface area contributed by atoms with Crippen LogP contribution in [0.2, 0.25) is 0 Å². The predicted molar refractivity (Wildman–Crippen MR) is 98.7 cm³/mol. The Labute approximate surface area is 151 Å². The molecule has 0 radical (unpaired) electrons. The molecule has 0 saturated carbocycles. The lowest BCUT2D eigenvalue weighted by atomic mass is 10.1. The van der Waals surface area contributed by atoms with Crippen molar-refractivity contribution in [2.24, 2.45) is 5.92 Å². The van der Waals surface area contributed by atoms with Crippen molar-refractivity contribution in [2.45, 2.75) is 19.8 Å². The second-order valence-corrected chi connectivity index (χ2v) is 9.10. The zero-order chi connectivity index (χ0) is 17.9. The molecule has 8 heteroatoms. The summed E-state index contributed by atoms with van der Waals surface area (Å²) in [6, 6.07) is 7.62. The van der Waals surface area contributed by atoms with Crippen LogP contribution in [-0.4, -0.2) is 37.4 Å². The molecule has 0 spiro atoms. The number of hydrogen-bond donors (Lipinski definition) is 1. The van der Waals surface area contributed by atoms with E-state index >= 15 is 0 Å². The van der Waals surface area contributed by atoms with Gasteiger partial charge in [0.25, 0.3) is 0 Å². The Morgan fingerprint density at radius 3 is 2.76 bits per heavy atom. The quantitative estimate of drug-likeness (QED) is 0.833. The highest BCUT2D eigenvalue weighted by molar-refractivity contribution is 7.91. The van der Waals surface area contributed by atoms with E-state index < -0.39 is 9.84 Å². The molecule has 1 aliphatic heterocycles. The molecule has 1 N–H and O–H groups in total. The van der Waals surface area contributed by atoms with E-state index in [9.17, 15) is 13.2 Å². The number of sulfone groups is 1. The Hall–Kier alpha value is -1.93. The molecule has 1 saturated heterocycles. The van der Waals surface area contributed by atoms with Crippen molar-refractivity contribution in [3.8, 4) is 17.0 Å². The number of thiazole rings is 1. The van der Waals surface area contributed by atoms with Crippen molar-refractivity contribution in [1.29, 1.82) is 0 Å². The summed E-state index contributed by atoms with van der Waals surface area (Å²) in [6.45, 7) is 2.55. The highest BCUT2D eigenvalue weighted by atomic mass is 32.2. The Morgan fingerprint density at radius 2 is 2.12 bits per heavy atom.